The lowest BCUT2D eigenvalue weighted by Crippen LogP contribution is -2.52. The molecule has 0 spiro atoms. The molecule has 23 heavy (non-hydrogen) atoms. The minimum atomic E-state index is 0.00695. The van der Waals surface area contributed by atoms with Crippen LogP contribution in [0.5, 0.6) is 0 Å². The van der Waals surface area contributed by atoms with E-state index in [4.69, 9.17) is 0 Å². The van der Waals surface area contributed by atoms with Gasteiger partial charge in [-0.25, -0.2) is 0 Å². The van der Waals surface area contributed by atoms with E-state index in [9.17, 15) is 9.59 Å². The molecular weight excluding hydrogens is 290 g/mol. The molecule has 0 aromatic heterocycles. The van der Waals surface area contributed by atoms with E-state index in [0.717, 1.165) is 18.7 Å². The number of carbonyl (C=O) groups excluding carboxylic acids is 2. The first kappa shape index (κ1) is 17.5. The van der Waals surface area contributed by atoms with Crippen LogP contribution in [0.3, 0.4) is 0 Å². The normalized spacial score (nSPS) is 17.1. The van der Waals surface area contributed by atoms with Gasteiger partial charge in [-0.3, -0.25) is 14.5 Å². The van der Waals surface area contributed by atoms with E-state index in [2.05, 4.69) is 10.2 Å². The van der Waals surface area contributed by atoms with Crippen LogP contribution in [0, 0.1) is 5.92 Å². The number of hydrogen-bond acceptors (Lipinski definition) is 3. The van der Waals surface area contributed by atoms with Crippen LogP contribution in [0.25, 0.3) is 0 Å². The van der Waals surface area contributed by atoms with E-state index in [1.807, 2.05) is 56.0 Å². The van der Waals surface area contributed by atoms with Crippen LogP contribution in [0.4, 0.5) is 0 Å². The number of nitrogens with zero attached hydrogens (tertiary/aromatic N) is 2. The molecule has 2 rings (SSSR count). The predicted octanol–water partition coefficient (Wildman–Crippen LogP) is 1.66. The topological polar surface area (TPSA) is 52.7 Å². The summed E-state index contributed by atoms with van der Waals surface area (Å²) in [4.78, 5) is 28.1. The van der Waals surface area contributed by atoms with Gasteiger partial charge in [-0.1, -0.05) is 44.2 Å². The minimum absolute atomic E-state index is 0.00695. The monoisotopic (exact) mass is 317 g/mol. The van der Waals surface area contributed by atoms with Crippen LogP contribution in [0.15, 0.2) is 30.3 Å². The zero-order valence-electron chi connectivity index (χ0n) is 14.3. The van der Waals surface area contributed by atoms with Gasteiger partial charge in [0.05, 0.1) is 12.6 Å². The number of amides is 2. The molecule has 1 aromatic carbocycles. The first-order valence-corrected chi connectivity index (χ1v) is 8.33. The van der Waals surface area contributed by atoms with Gasteiger partial charge in [0.25, 0.3) is 0 Å². The fraction of sp³-hybridized carbons (Fsp3) is 0.556. The van der Waals surface area contributed by atoms with Crippen molar-refractivity contribution in [2.75, 3.05) is 32.7 Å². The highest BCUT2D eigenvalue weighted by Gasteiger charge is 2.24. The SMILES string of the molecule is CC(C)C(=O)N1CCN(CC(=O)NC(C)c2ccccc2)CC1. The second kappa shape index (κ2) is 8.11. The van der Waals surface area contributed by atoms with Crippen molar-refractivity contribution in [3.05, 3.63) is 35.9 Å². The number of hydrogen-bond donors (Lipinski definition) is 1. The van der Waals surface area contributed by atoms with Crippen LogP contribution in [-0.4, -0.2) is 54.3 Å². The quantitative estimate of drug-likeness (QED) is 0.899. The number of benzene rings is 1. The molecule has 1 aliphatic heterocycles. The Morgan fingerprint density at radius 1 is 1.04 bits per heavy atom. The number of rotatable bonds is 5. The summed E-state index contributed by atoms with van der Waals surface area (Å²) in [6, 6.07) is 9.96. The molecule has 126 valence electrons. The molecule has 5 heteroatoms. The van der Waals surface area contributed by atoms with Gasteiger partial charge in [-0.2, -0.15) is 0 Å². The first-order chi connectivity index (χ1) is 11.0. The smallest absolute Gasteiger partial charge is 0.234 e. The van der Waals surface area contributed by atoms with Crippen molar-refractivity contribution in [2.24, 2.45) is 5.92 Å². The molecular formula is C18H27N3O2. The molecule has 1 atom stereocenters. The molecule has 5 nitrogen and oxygen atoms in total. The van der Waals surface area contributed by atoms with Crippen molar-refractivity contribution in [2.45, 2.75) is 26.8 Å². The molecule has 1 unspecified atom stereocenters. The molecule has 0 bridgehead atoms. The van der Waals surface area contributed by atoms with E-state index >= 15 is 0 Å². The highest BCUT2D eigenvalue weighted by atomic mass is 16.2. The summed E-state index contributed by atoms with van der Waals surface area (Å²) in [5, 5.41) is 3.03. The molecule has 1 N–H and O–H groups in total. The minimum Gasteiger partial charge on any atom is -0.348 e. The molecule has 1 saturated heterocycles. The maximum atomic E-state index is 12.2. The van der Waals surface area contributed by atoms with Gasteiger partial charge >= 0.3 is 0 Å². The predicted molar refractivity (Wildman–Crippen MR) is 90.9 cm³/mol. The maximum absolute atomic E-state index is 12.2. The van der Waals surface area contributed by atoms with E-state index in [0.29, 0.717) is 19.6 Å². The van der Waals surface area contributed by atoms with E-state index < -0.39 is 0 Å². The molecule has 1 aliphatic rings. The van der Waals surface area contributed by atoms with Gasteiger partial charge in [0.1, 0.15) is 0 Å². The highest BCUT2D eigenvalue weighted by molar-refractivity contribution is 5.79. The molecule has 0 radical (unpaired) electrons. The lowest BCUT2D eigenvalue weighted by atomic mass is 10.1. The molecule has 1 fully saturated rings. The summed E-state index contributed by atoms with van der Waals surface area (Å²) in [5.41, 5.74) is 1.10. The fourth-order valence-electron chi connectivity index (χ4n) is 2.81. The van der Waals surface area contributed by atoms with Crippen LogP contribution in [0.1, 0.15) is 32.4 Å². The van der Waals surface area contributed by atoms with Crippen molar-refractivity contribution >= 4 is 11.8 Å². The summed E-state index contributed by atoms with van der Waals surface area (Å²) >= 11 is 0. The first-order valence-electron chi connectivity index (χ1n) is 8.33. The molecule has 0 saturated carbocycles. The Kier molecular flexibility index (Phi) is 6.16. The Labute approximate surface area is 138 Å². The zero-order chi connectivity index (χ0) is 16.8. The van der Waals surface area contributed by atoms with Crippen LogP contribution in [-0.2, 0) is 9.59 Å². The van der Waals surface area contributed by atoms with Gasteiger partial charge in [-0.15, -0.1) is 0 Å². The van der Waals surface area contributed by atoms with Crippen molar-refractivity contribution in [3.63, 3.8) is 0 Å². The summed E-state index contributed by atoms with van der Waals surface area (Å²) < 4.78 is 0. The van der Waals surface area contributed by atoms with Gasteiger partial charge in [0.2, 0.25) is 11.8 Å². The second-order valence-electron chi connectivity index (χ2n) is 6.46. The van der Waals surface area contributed by atoms with Gasteiger partial charge < -0.3 is 10.2 Å². The molecule has 2 amide bonds. The summed E-state index contributed by atoms with van der Waals surface area (Å²) in [6.07, 6.45) is 0. The molecule has 1 heterocycles. The Morgan fingerprint density at radius 2 is 1.65 bits per heavy atom. The highest BCUT2D eigenvalue weighted by Crippen LogP contribution is 2.11. The lowest BCUT2D eigenvalue weighted by molar-refractivity contribution is -0.136. The van der Waals surface area contributed by atoms with E-state index in [1.54, 1.807) is 0 Å². The fourth-order valence-corrected chi connectivity index (χ4v) is 2.81. The maximum Gasteiger partial charge on any atom is 0.234 e. The molecule has 1 aromatic rings. The Bertz CT molecular complexity index is 522. The van der Waals surface area contributed by atoms with E-state index in [1.165, 1.54) is 0 Å². The number of nitrogens with one attached hydrogen (secondary N) is 1. The number of carbonyl (C=O) groups is 2. The summed E-state index contributed by atoms with van der Waals surface area (Å²) in [5.74, 6) is 0.272. The molecule has 0 aliphatic carbocycles. The van der Waals surface area contributed by atoms with Crippen molar-refractivity contribution in [1.29, 1.82) is 0 Å². The van der Waals surface area contributed by atoms with Gasteiger partial charge in [-0.05, 0) is 12.5 Å². The lowest BCUT2D eigenvalue weighted by Gasteiger charge is -2.35. The summed E-state index contributed by atoms with van der Waals surface area (Å²) in [6.45, 7) is 9.15. The standard InChI is InChI=1S/C18H27N3O2/c1-14(2)18(23)21-11-9-20(10-12-21)13-17(22)19-15(3)16-7-5-4-6-8-16/h4-8,14-15H,9-13H2,1-3H3,(H,19,22). The third-order valence-corrected chi connectivity index (χ3v) is 4.22. The Morgan fingerprint density at radius 3 is 2.22 bits per heavy atom. The zero-order valence-corrected chi connectivity index (χ0v) is 14.3. The third kappa shape index (κ3) is 5.06. The average Bonchev–Trinajstić information content (AvgIpc) is 2.55. The third-order valence-electron chi connectivity index (χ3n) is 4.22. The van der Waals surface area contributed by atoms with Crippen LogP contribution >= 0.6 is 0 Å². The van der Waals surface area contributed by atoms with Crippen LogP contribution < -0.4 is 5.32 Å². The summed E-state index contributed by atoms with van der Waals surface area (Å²) in [7, 11) is 0. The van der Waals surface area contributed by atoms with Gasteiger partial charge in [0, 0.05) is 32.1 Å². The average molecular weight is 317 g/mol. The van der Waals surface area contributed by atoms with Crippen LogP contribution in [0.2, 0.25) is 0 Å². The van der Waals surface area contributed by atoms with Gasteiger partial charge in [0.15, 0.2) is 0 Å². The van der Waals surface area contributed by atoms with E-state index in [-0.39, 0.29) is 23.8 Å². The Balaban J connectivity index is 1.76. The second-order valence-corrected chi connectivity index (χ2v) is 6.46. The van der Waals surface area contributed by atoms with Crippen molar-refractivity contribution in [1.82, 2.24) is 15.1 Å². The van der Waals surface area contributed by atoms with Crippen molar-refractivity contribution in [3.8, 4) is 0 Å². The van der Waals surface area contributed by atoms with Crippen molar-refractivity contribution < 1.29 is 9.59 Å². The number of piperazine rings is 1. The largest absolute Gasteiger partial charge is 0.348 e. The Hall–Kier alpha value is -1.88.